The molecule has 1 aromatic carbocycles. The summed E-state index contributed by atoms with van der Waals surface area (Å²) >= 11 is 5.78. The lowest BCUT2D eigenvalue weighted by atomic mass is 10.2. The molecular weight excluding hydrogens is 212 g/mol. The Morgan fingerprint density at radius 2 is 2.27 bits per heavy atom. The van der Waals surface area contributed by atoms with Crippen molar-refractivity contribution in [2.45, 2.75) is 26.2 Å². The molecule has 0 atom stereocenters. The summed E-state index contributed by atoms with van der Waals surface area (Å²) in [5, 5.41) is 0.619. The van der Waals surface area contributed by atoms with E-state index in [9.17, 15) is 4.79 Å². The Hall–Kier alpha value is -1.02. The average molecular weight is 227 g/mol. The average Bonchev–Trinajstić information content (AvgIpc) is 2.23. The zero-order chi connectivity index (χ0) is 11.1. The van der Waals surface area contributed by atoms with Crippen LogP contribution in [0.5, 0.6) is 5.75 Å². The van der Waals surface area contributed by atoms with Gasteiger partial charge in [0.25, 0.3) is 0 Å². The van der Waals surface area contributed by atoms with Crippen LogP contribution in [0.25, 0.3) is 0 Å². The van der Waals surface area contributed by atoms with E-state index < -0.39 is 0 Å². The van der Waals surface area contributed by atoms with Gasteiger partial charge >= 0.3 is 0 Å². The second kappa shape index (κ2) is 6.46. The van der Waals surface area contributed by atoms with Crippen molar-refractivity contribution in [2.75, 3.05) is 6.61 Å². The highest BCUT2D eigenvalue weighted by Crippen LogP contribution is 2.17. The van der Waals surface area contributed by atoms with Gasteiger partial charge in [-0.15, -0.1) is 0 Å². The Morgan fingerprint density at radius 1 is 1.47 bits per heavy atom. The number of halogens is 1. The molecule has 0 saturated heterocycles. The summed E-state index contributed by atoms with van der Waals surface area (Å²) in [5.41, 5.74) is 0. The van der Waals surface area contributed by atoms with Crippen LogP contribution in [-0.4, -0.2) is 12.4 Å². The number of ketones is 1. The summed E-state index contributed by atoms with van der Waals surface area (Å²) < 4.78 is 5.31. The molecule has 0 aliphatic heterocycles. The number of ether oxygens (including phenoxy) is 1. The Bertz CT molecular complexity index is 323. The van der Waals surface area contributed by atoms with E-state index in [0.717, 1.165) is 12.8 Å². The van der Waals surface area contributed by atoms with Crippen LogP contribution in [0.1, 0.15) is 26.2 Å². The second-order valence-electron chi connectivity index (χ2n) is 3.39. The quantitative estimate of drug-likeness (QED) is 0.743. The lowest BCUT2D eigenvalue weighted by molar-refractivity contribution is -0.121. The number of unbranched alkanes of at least 4 members (excludes halogenated alkanes) is 1. The largest absolute Gasteiger partial charge is 0.486 e. The minimum Gasteiger partial charge on any atom is -0.486 e. The molecule has 0 N–H and O–H groups in total. The normalized spacial score (nSPS) is 10.0. The van der Waals surface area contributed by atoms with Gasteiger partial charge in [0.2, 0.25) is 0 Å². The van der Waals surface area contributed by atoms with E-state index in [1.54, 1.807) is 24.3 Å². The van der Waals surface area contributed by atoms with Gasteiger partial charge in [-0.25, -0.2) is 0 Å². The maximum absolute atomic E-state index is 11.3. The summed E-state index contributed by atoms with van der Waals surface area (Å²) in [4.78, 5) is 11.3. The maximum Gasteiger partial charge on any atom is 0.170 e. The Balaban J connectivity index is 2.33. The van der Waals surface area contributed by atoms with E-state index in [1.807, 2.05) is 0 Å². The molecule has 0 bridgehead atoms. The summed E-state index contributed by atoms with van der Waals surface area (Å²) in [5.74, 6) is 0.782. The van der Waals surface area contributed by atoms with Crippen LogP contribution < -0.4 is 4.74 Å². The number of Topliss-reactive ketones (excluding diaryl/α,β-unsaturated/α-hetero) is 1. The van der Waals surface area contributed by atoms with Crippen molar-refractivity contribution in [2.24, 2.45) is 0 Å². The van der Waals surface area contributed by atoms with Crippen LogP contribution in [0.4, 0.5) is 0 Å². The first-order valence-corrected chi connectivity index (χ1v) is 5.50. The van der Waals surface area contributed by atoms with Gasteiger partial charge in [-0.1, -0.05) is 31.0 Å². The summed E-state index contributed by atoms with van der Waals surface area (Å²) in [7, 11) is 0. The SMILES string of the molecule is CCCCC(=O)COc1cccc(Cl)c1. The second-order valence-corrected chi connectivity index (χ2v) is 3.82. The third kappa shape index (κ3) is 4.84. The molecule has 0 amide bonds. The third-order valence-corrected chi connectivity index (χ3v) is 2.24. The standard InChI is InChI=1S/C12H15ClO2/c1-2-3-6-11(14)9-15-12-7-4-5-10(13)8-12/h4-5,7-8H,2-3,6,9H2,1H3. The number of rotatable bonds is 6. The molecule has 15 heavy (non-hydrogen) atoms. The van der Waals surface area contributed by atoms with Crippen molar-refractivity contribution in [3.05, 3.63) is 29.3 Å². The van der Waals surface area contributed by atoms with Gasteiger partial charge in [-0.2, -0.15) is 0 Å². The molecule has 3 heteroatoms. The zero-order valence-corrected chi connectivity index (χ0v) is 9.59. The molecule has 0 fully saturated rings. The van der Waals surface area contributed by atoms with Crippen LogP contribution in [-0.2, 0) is 4.79 Å². The fourth-order valence-corrected chi connectivity index (χ4v) is 1.35. The predicted molar refractivity (Wildman–Crippen MR) is 61.5 cm³/mol. The van der Waals surface area contributed by atoms with Crippen molar-refractivity contribution in [3.63, 3.8) is 0 Å². The van der Waals surface area contributed by atoms with Gasteiger partial charge < -0.3 is 4.74 Å². The topological polar surface area (TPSA) is 26.3 Å². The highest BCUT2D eigenvalue weighted by molar-refractivity contribution is 6.30. The summed E-state index contributed by atoms with van der Waals surface area (Å²) in [6.07, 6.45) is 2.55. The van der Waals surface area contributed by atoms with Gasteiger partial charge in [-0.05, 0) is 24.6 Å². The van der Waals surface area contributed by atoms with E-state index in [2.05, 4.69) is 6.92 Å². The van der Waals surface area contributed by atoms with Crippen LogP contribution in [0.15, 0.2) is 24.3 Å². The van der Waals surface area contributed by atoms with Gasteiger partial charge in [0, 0.05) is 11.4 Å². The minimum absolute atomic E-state index is 0.136. The van der Waals surface area contributed by atoms with Gasteiger partial charge in [0.05, 0.1) is 0 Å². The molecule has 0 aliphatic rings. The van der Waals surface area contributed by atoms with Crippen molar-refractivity contribution in [1.82, 2.24) is 0 Å². The van der Waals surface area contributed by atoms with Crippen molar-refractivity contribution < 1.29 is 9.53 Å². The highest BCUT2D eigenvalue weighted by Gasteiger charge is 2.02. The fourth-order valence-electron chi connectivity index (χ4n) is 1.17. The van der Waals surface area contributed by atoms with E-state index in [4.69, 9.17) is 16.3 Å². The fraction of sp³-hybridized carbons (Fsp3) is 0.417. The first kappa shape index (κ1) is 12.1. The molecule has 1 aromatic rings. The molecule has 2 nitrogen and oxygen atoms in total. The van der Waals surface area contributed by atoms with Crippen LogP contribution in [0, 0.1) is 0 Å². The molecule has 0 saturated carbocycles. The smallest absolute Gasteiger partial charge is 0.170 e. The molecule has 0 heterocycles. The van der Waals surface area contributed by atoms with E-state index in [0.29, 0.717) is 17.2 Å². The predicted octanol–water partition coefficient (Wildman–Crippen LogP) is 3.48. The number of benzene rings is 1. The Kier molecular flexibility index (Phi) is 5.19. The molecule has 0 radical (unpaired) electrons. The first-order valence-electron chi connectivity index (χ1n) is 5.12. The van der Waals surface area contributed by atoms with Crippen LogP contribution in [0.3, 0.4) is 0 Å². The molecule has 1 rings (SSSR count). The Morgan fingerprint density at radius 3 is 2.93 bits per heavy atom. The maximum atomic E-state index is 11.3. The van der Waals surface area contributed by atoms with Crippen LogP contribution >= 0.6 is 11.6 Å². The molecule has 0 aromatic heterocycles. The molecule has 0 unspecified atom stereocenters. The highest BCUT2D eigenvalue weighted by atomic mass is 35.5. The third-order valence-electron chi connectivity index (χ3n) is 2.01. The summed E-state index contributed by atoms with van der Waals surface area (Å²) in [6, 6.07) is 7.06. The van der Waals surface area contributed by atoms with E-state index >= 15 is 0 Å². The summed E-state index contributed by atoms with van der Waals surface area (Å²) in [6.45, 7) is 2.20. The molecule has 82 valence electrons. The van der Waals surface area contributed by atoms with Gasteiger partial charge in [0.15, 0.2) is 5.78 Å². The molecule has 0 spiro atoms. The lowest BCUT2D eigenvalue weighted by Gasteiger charge is -2.05. The van der Waals surface area contributed by atoms with Gasteiger partial charge in [-0.3, -0.25) is 4.79 Å². The van der Waals surface area contributed by atoms with E-state index in [1.165, 1.54) is 0 Å². The van der Waals surface area contributed by atoms with Crippen molar-refractivity contribution in [1.29, 1.82) is 0 Å². The van der Waals surface area contributed by atoms with Crippen molar-refractivity contribution >= 4 is 17.4 Å². The molecule has 0 aliphatic carbocycles. The molecular formula is C12H15ClO2. The number of hydrogen-bond acceptors (Lipinski definition) is 2. The van der Waals surface area contributed by atoms with E-state index in [-0.39, 0.29) is 12.4 Å². The number of carbonyl (C=O) groups excluding carboxylic acids is 1. The number of hydrogen-bond donors (Lipinski definition) is 0. The Labute approximate surface area is 95.2 Å². The first-order chi connectivity index (χ1) is 7.22. The van der Waals surface area contributed by atoms with Crippen molar-refractivity contribution in [3.8, 4) is 5.75 Å². The lowest BCUT2D eigenvalue weighted by Crippen LogP contribution is -2.10. The van der Waals surface area contributed by atoms with Crippen LogP contribution in [0.2, 0.25) is 5.02 Å². The van der Waals surface area contributed by atoms with Gasteiger partial charge in [0.1, 0.15) is 12.4 Å². The monoisotopic (exact) mass is 226 g/mol. The number of carbonyl (C=O) groups is 1. The minimum atomic E-state index is 0.136. The zero-order valence-electron chi connectivity index (χ0n) is 8.83.